The van der Waals surface area contributed by atoms with Crippen molar-refractivity contribution in [1.29, 1.82) is 0 Å². The van der Waals surface area contributed by atoms with Gasteiger partial charge < -0.3 is 5.32 Å². The largest absolute Gasteiger partial charge is 0.306 e. The van der Waals surface area contributed by atoms with Crippen LogP contribution in [-0.4, -0.2) is 6.54 Å². The molecule has 0 aliphatic carbocycles. The summed E-state index contributed by atoms with van der Waals surface area (Å²) in [5, 5.41) is 3.08. The topological polar surface area (TPSA) is 12.0 Å². The Morgan fingerprint density at radius 2 is 1.70 bits per heavy atom. The second-order valence-corrected chi connectivity index (χ2v) is 5.97. The first-order valence-electron chi connectivity index (χ1n) is 6.38. The monoisotopic (exact) mass is 299 g/mol. The minimum absolute atomic E-state index is 0.127. The van der Waals surface area contributed by atoms with E-state index < -0.39 is 23.5 Å². The van der Waals surface area contributed by atoms with Crippen LogP contribution >= 0.6 is 11.3 Å². The van der Waals surface area contributed by atoms with Crippen LogP contribution in [0.1, 0.15) is 33.8 Å². The van der Waals surface area contributed by atoms with Gasteiger partial charge in [-0.05, 0) is 32.0 Å². The molecule has 2 aromatic rings. The lowest BCUT2D eigenvalue weighted by Gasteiger charge is -2.19. The minimum atomic E-state index is -0.905. The fraction of sp³-hybridized carbons (Fsp3) is 0.333. The molecule has 2 rings (SSSR count). The summed E-state index contributed by atoms with van der Waals surface area (Å²) in [4.78, 5) is 1.93. The Morgan fingerprint density at radius 3 is 2.15 bits per heavy atom. The lowest BCUT2D eigenvalue weighted by molar-refractivity contribution is 0.493. The number of benzene rings is 1. The zero-order chi connectivity index (χ0) is 14.9. The Kier molecular flexibility index (Phi) is 4.50. The number of halogens is 3. The van der Waals surface area contributed by atoms with Gasteiger partial charge in [-0.2, -0.15) is 0 Å². The molecule has 1 atom stereocenters. The molecular weight excluding hydrogens is 283 g/mol. The van der Waals surface area contributed by atoms with E-state index in [2.05, 4.69) is 5.32 Å². The maximum atomic E-state index is 14.0. The normalized spacial score (nSPS) is 12.7. The molecular formula is C15H16F3NS. The molecule has 0 fully saturated rings. The van der Waals surface area contributed by atoms with Gasteiger partial charge >= 0.3 is 0 Å². The van der Waals surface area contributed by atoms with Gasteiger partial charge in [0.05, 0.1) is 6.04 Å². The zero-order valence-corrected chi connectivity index (χ0v) is 12.4. The highest BCUT2D eigenvalue weighted by atomic mass is 32.1. The van der Waals surface area contributed by atoms with Gasteiger partial charge in [-0.15, -0.1) is 11.3 Å². The first kappa shape index (κ1) is 15.1. The number of rotatable bonds is 4. The maximum absolute atomic E-state index is 14.0. The molecule has 1 unspecified atom stereocenters. The van der Waals surface area contributed by atoms with Gasteiger partial charge in [0.15, 0.2) is 0 Å². The van der Waals surface area contributed by atoms with Crippen molar-refractivity contribution in [2.75, 3.05) is 6.54 Å². The third-order valence-corrected chi connectivity index (χ3v) is 4.30. The number of hydrogen-bond acceptors (Lipinski definition) is 2. The third kappa shape index (κ3) is 2.88. The fourth-order valence-corrected chi connectivity index (χ4v) is 3.43. The summed E-state index contributed by atoms with van der Waals surface area (Å²) in [6.07, 6.45) is 0. The van der Waals surface area contributed by atoms with Crippen molar-refractivity contribution in [1.82, 2.24) is 5.32 Å². The second-order valence-electron chi connectivity index (χ2n) is 4.68. The summed E-state index contributed by atoms with van der Waals surface area (Å²) in [5.41, 5.74) is 0.847. The van der Waals surface area contributed by atoms with Gasteiger partial charge in [-0.1, -0.05) is 6.92 Å². The molecule has 0 aliphatic rings. The quantitative estimate of drug-likeness (QED) is 0.877. The predicted molar refractivity (Wildman–Crippen MR) is 75.6 cm³/mol. The summed E-state index contributed by atoms with van der Waals surface area (Å²) in [6.45, 7) is 6.27. The highest BCUT2D eigenvalue weighted by Gasteiger charge is 2.25. The average molecular weight is 299 g/mol. The molecule has 5 heteroatoms. The summed E-state index contributed by atoms with van der Waals surface area (Å²) in [5.74, 6) is -2.63. The van der Waals surface area contributed by atoms with E-state index >= 15 is 0 Å². The second kappa shape index (κ2) is 5.97. The van der Waals surface area contributed by atoms with Crippen LogP contribution in [0.4, 0.5) is 13.2 Å². The number of aryl methyl sites for hydroxylation is 2. The van der Waals surface area contributed by atoms with Crippen molar-refractivity contribution < 1.29 is 13.2 Å². The SMILES string of the molecule is CCNC(c1sc(C)cc1C)c1c(F)cc(F)cc1F. The molecule has 0 radical (unpaired) electrons. The van der Waals surface area contributed by atoms with Crippen molar-refractivity contribution in [3.8, 4) is 0 Å². The molecule has 0 aliphatic heterocycles. The Hall–Kier alpha value is -1.33. The van der Waals surface area contributed by atoms with Crippen molar-refractivity contribution >= 4 is 11.3 Å². The van der Waals surface area contributed by atoms with Crippen molar-refractivity contribution in [2.24, 2.45) is 0 Å². The van der Waals surface area contributed by atoms with Gasteiger partial charge in [-0.25, -0.2) is 13.2 Å². The maximum Gasteiger partial charge on any atom is 0.134 e. The van der Waals surface area contributed by atoms with Gasteiger partial charge in [0, 0.05) is 27.5 Å². The number of hydrogen-bond donors (Lipinski definition) is 1. The zero-order valence-electron chi connectivity index (χ0n) is 11.6. The average Bonchev–Trinajstić information content (AvgIpc) is 2.66. The molecule has 1 aromatic heterocycles. The molecule has 1 N–H and O–H groups in total. The van der Waals surface area contributed by atoms with Crippen LogP contribution in [0.25, 0.3) is 0 Å². The summed E-state index contributed by atoms with van der Waals surface area (Å²) >= 11 is 1.49. The Morgan fingerprint density at radius 1 is 1.10 bits per heavy atom. The van der Waals surface area contributed by atoms with E-state index in [4.69, 9.17) is 0 Å². The first-order chi connectivity index (χ1) is 9.43. The van der Waals surface area contributed by atoms with Crippen LogP contribution in [-0.2, 0) is 0 Å². The summed E-state index contributed by atoms with van der Waals surface area (Å²) in [7, 11) is 0. The van der Waals surface area contributed by atoms with Gasteiger partial charge in [0.25, 0.3) is 0 Å². The molecule has 1 aromatic carbocycles. The van der Waals surface area contributed by atoms with Crippen LogP contribution in [0, 0.1) is 31.3 Å². The van der Waals surface area contributed by atoms with E-state index in [1.807, 2.05) is 26.8 Å². The van der Waals surface area contributed by atoms with E-state index in [1.165, 1.54) is 11.3 Å². The minimum Gasteiger partial charge on any atom is -0.306 e. The first-order valence-corrected chi connectivity index (χ1v) is 7.20. The summed E-state index contributed by atoms with van der Waals surface area (Å²) < 4.78 is 41.0. The van der Waals surface area contributed by atoms with Gasteiger partial charge in [0.2, 0.25) is 0 Å². The number of nitrogens with one attached hydrogen (secondary N) is 1. The molecule has 0 bridgehead atoms. The standard InChI is InChI=1S/C15H16F3NS/c1-4-19-14(15-8(2)5-9(3)20-15)13-11(17)6-10(16)7-12(13)18/h5-7,14,19H,4H2,1-3H3. The van der Waals surface area contributed by atoms with E-state index in [-0.39, 0.29) is 5.56 Å². The molecule has 20 heavy (non-hydrogen) atoms. The van der Waals surface area contributed by atoms with Crippen molar-refractivity contribution in [3.63, 3.8) is 0 Å². The predicted octanol–water partition coefficient (Wildman–Crippen LogP) is 4.48. The van der Waals surface area contributed by atoms with E-state index in [0.717, 1.165) is 27.5 Å². The fourth-order valence-electron chi connectivity index (χ4n) is 2.31. The van der Waals surface area contributed by atoms with Crippen LogP contribution < -0.4 is 5.32 Å². The highest BCUT2D eigenvalue weighted by molar-refractivity contribution is 7.12. The van der Waals surface area contributed by atoms with Gasteiger partial charge in [0.1, 0.15) is 17.5 Å². The molecule has 0 saturated carbocycles. The Bertz CT molecular complexity index is 599. The van der Waals surface area contributed by atoms with Crippen molar-refractivity contribution in [2.45, 2.75) is 26.8 Å². The van der Waals surface area contributed by atoms with E-state index in [1.54, 1.807) is 0 Å². The van der Waals surface area contributed by atoms with E-state index in [9.17, 15) is 13.2 Å². The molecule has 1 nitrogen and oxygen atoms in total. The molecule has 0 saturated heterocycles. The molecule has 0 amide bonds. The Balaban J connectivity index is 2.57. The molecule has 108 valence electrons. The van der Waals surface area contributed by atoms with E-state index in [0.29, 0.717) is 6.54 Å². The Labute approximate surface area is 120 Å². The molecule has 0 spiro atoms. The van der Waals surface area contributed by atoms with Crippen LogP contribution in [0.5, 0.6) is 0 Å². The lowest BCUT2D eigenvalue weighted by Crippen LogP contribution is -2.24. The van der Waals surface area contributed by atoms with Crippen LogP contribution in [0.2, 0.25) is 0 Å². The van der Waals surface area contributed by atoms with Crippen LogP contribution in [0.3, 0.4) is 0 Å². The lowest BCUT2D eigenvalue weighted by atomic mass is 10.0. The van der Waals surface area contributed by atoms with Crippen LogP contribution in [0.15, 0.2) is 18.2 Å². The molecule has 1 heterocycles. The third-order valence-electron chi connectivity index (χ3n) is 3.08. The summed E-state index contributed by atoms with van der Waals surface area (Å²) in [6, 6.07) is 2.82. The number of thiophene rings is 1. The smallest absolute Gasteiger partial charge is 0.134 e. The highest BCUT2D eigenvalue weighted by Crippen LogP contribution is 2.34. The van der Waals surface area contributed by atoms with Gasteiger partial charge in [-0.3, -0.25) is 0 Å². The van der Waals surface area contributed by atoms with Crippen molar-refractivity contribution in [3.05, 3.63) is 56.5 Å².